The van der Waals surface area contributed by atoms with Crippen LogP contribution in [0.25, 0.3) is 0 Å². The van der Waals surface area contributed by atoms with Crippen LogP contribution in [0.15, 0.2) is 6.07 Å². The molecule has 88 valence electrons. The Morgan fingerprint density at radius 3 is 2.50 bits per heavy atom. The van der Waals surface area contributed by atoms with Gasteiger partial charge >= 0.3 is 0 Å². The lowest BCUT2D eigenvalue weighted by Gasteiger charge is -2.15. The quantitative estimate of drug-likeness (QED) is 0.643. The summed E-state index contributed by atoms with van der Waals surface area (Å²) in [6.07, 6.45) is 0. The molecule has 16 heavy (non-hydrogen) atoms. The molecule has 1 unspecified atom stereocenters. The van der Waals surface area contributed by atoms with E-state index >= 15 is 0 Å². The van der Waals surface area contributed by atoms with Gasteiger partial charge in [-0.15, -0.1) is 11.6 Å². The second-order valence-electron chi connectivity index (χ2n) is 3.79. The third-order valence-electron chi connectivity index (χ3n) is 2.71. The van der Waals surface area contributed by atoms with Gasteiger partial charge in [0.1, 0.15) is 6.04 Å². The van der Waals surface area contributed by atoms with E-state index in [4.69, 9.17) is 17.3 Å². The van der Waals surface area contributed by atoms with E-state index in [9.17, 15) is 9.59 Å². The molecule has 1 aromatic heterocycles. The predicted octanol–water partition coefficient (Wildman–Crippen LogP) is 1.57. The second-order valence-corrected chi connectivity index (χ2v) is 4.06. The first-order chi connectivity index (χ1) is 7.40. The van der Waals surface area contributed by atoms with Crippen LogP contribution in [0.4, 0.5) is 0 Å². The molecular formula is C11H15ClN2O2. The van der Waals surface area contributed by atoms with Crippen molar-refractivity contribution < 1.29 is 9.59 Å². The summed E-state index contributed by atoms with van der Waals surface area (Å²) in [6, 6.07) is 1.27. The number of ketones is 1. The smallest absolute Gasteiger partial charge is 0.240 e. The Morgan fingerprint density at radius 2 is 2.06 bits per heavy atom. The van der Waals surface area contributed by atoms with Crippen LogP contribution in [0.1, 0.15) is 34.7 Å². The van der Waals surface area contributed by atoms with Crippen molar-refractivity contribution in [3.05, 3.63) is 23.0 Å². The number of nitrogens with two attached hydrogens (primary N) is 1. The van der Waals surface area contributed by atoms with E-state index in [1.165, 1.54) is 0 Å². The second kappa shape index (κ2) is 4.70. The first-order valence-corrected chi connectivity index (χ1v) is 5.50. The van der Waals surface area contributed by atoms with E-state index < -0.39 is 11.9 Å². The number of hydrogen-bond donors (Lipinski definition) is 1. The van der Waals surface area contributed by atoms with Crippen molar-refractivity contribution >= 4 is 23.3 Å². The van der Waals surface area contributed by atoms with E-state index in [1.54, 1.807) is 24.5 Å². The predicted molar refractivity (Wildman–Crippen MR) is 62.9 cm³/mol. The zero-order valence-corrected chi connectivity index (χ0v) is 10.3. The number of rotatable bonds is 4. The van der Waals surface area contributed by atoms with Crippen LogP contribution >= 0.6 is 11.6 Å². The zero-order valence-electron chi connectivity index (χ0n) is 9.58. The lowest BCUT2D eigenvalue weighted by molar-refractivity contribution is -0.120. The number of halogens is 1. The Morgan fingerprint density at radius 1 is 1.50 bits per heavy atom. The van der Waals surface area contributed by atoms with Crippen LogP contribution in [0.3, 0.4) is 0 Å². The van der Waals surface area contributed by atoms with E-state index in [1.807, 2.05) is 6.92 Å². The standard InChI is InChI=1S/C11H15ClN2O2/c1-6-4-9(10(15)5-12)7(2)14(6)8(3)11(13)16/h4,8H,5H2,1-3H3,(H2,13,16). The number of carbonyl (C=O) groups is 2. The highest BCUT2D eigenvalue weighted by Crippen LogP contribution is 2.20. The van der Waals surface area contributed by atoms with Crippen LogP contribution in [-0.2, 0) is 4.79 Å². The SMILES string of the molecule is Cc1cc(C(=O)CCl)c(C)n1C(C)C(N)=O. The molecule has 0 aliphatic carbocycles. The highest BCUT2D eigenvalue weighted by Gasteiger charge is 2.20. The molecule has 1 heterocycles. The first kappa shape index (κ1) is 12.8. The molecule has 0 aromatic carbocycles. The largest absolute Gasteiger partial charge is 0.368 e. The third kappa shape index (κ3) is 2.11. The maximum Gasteiger partial charge on any atom is 0.240 e. The molecule has 4 nitrogen and oxygen atoms in total. The minimum atomic E-state index is -0.461. The summed E-state index contributed by atoms with van der Waals surface area (Å²) >= 11 is 5.51. The Labute approximate surface area is 99.4 Å². The molecule has 0 saturated carbocycles. The van der Waals surface area contributed by atoms with Gasteiger partial charge in [-0.2, -0.15) is 0 Å². The van der Waals surface area contributed by atoms with Crippen LogP contribution in [0.5, 0.6) is 0 Å². The van der Waals surface area contributed by atoms with Crippen LogP contribution in [0.2, 0.25) is 0 Å². The summed E-state index contributed by atoms with van der Waals surface area (Å²) in [5.74, 6) is -0.626. The Hall–Kier alpha value is -1.29. The molecule has 0 spiro atoms. The molecule has 0 aliphatic heterocycles. The minimum absolute atomic E-state index is 0.0603. The lowest BCUT2D eigenvalue weighted by atomic mass is 10.2. The van der Waals surface area contributed by atoms with Gasteiger partial charge in [-0.25, -0.2) is 0 Å². The van der Waals surface area contributed by atoms with Crippen LogP contribution in [0, 0.1) is 13.8 Å². The molecule has 0 aliphatic rings. The number of amides is 1. The number of alkyl halides is 1. The third-order valence-corrected chi connectivity index (χ3v) is 2.95. The van der Waals surface area contributed by atoms with Gasteiger partial charge in [-0.3, -0.25) is 9.59 Å². The lowest BCUT2D eigenvalue weighted by Crippen LogP contribution is -2.25. The molecule has 2 N–H and O–H groups in total. The molecule has 5 heteroatoms. The van der Waals surface area contributed by atoms with Gasteiger partial charge in [0.25, 0.3) is 0 Å². The molecule has 1 aromatic rings. The number of nitrogens with zero attached hydrogens (tertiary/aromatic N) is 1. The fourth-order valence-electron chi connectivity index (χ4n) is 1.85. The van der Waals surface area contributed by atoms with Crippen molar-refractivity contribution in [1.82, 2.24) is 4.57 Å². The highest BCUT2D eigenvalue weighted by atomic mass is 35.5. The molecule has 1 atom stereocenters. The van der Waals surface area contributed by atoms with Gasteiger partial charge in [-0.1, -0.05) is 0 Å². The first-order valence-electron chi connectivity index (χ1n) is 4.97. The summed E-state index contributed by atoms with van der Waals surface area (Å²) in [4.78, 5) is 22.7. The van der Waals surface area contributed by atoms with Gasteiger partial charge in [0.15, 0.2) is 5.78 Å². The highest BCUT2D eigenvalue weighted by molar-refractivity contribution is 6.30. The summed E-state index contributed by atoms with van der Waals surface area (Å²) in [5, 5.41) is 0. The minimum Gasteiger partial charge on any atom is -0.368 e. The van der Waals surface area contributed by atoms with Crippen molar-refractivity contribution in [2.24, 2.45) is 5.73 Å². The number of hydrogen-bond acceptors (Lipinski definition) is 2. The monoisotopic (exact) mass is 242 g/mol. The fourth-order valence-corrected chi connectivity index (χ4v) is 2.00. The number of Topliss-reactive ketones (excluding diaryl/α,β-unsaturated/α-hetero) is 1. The number of carbonyl (C=O) groups excluding carboxylic acids is 2. The van der Waals surface area contributed by atoms with E-state index in [-0.39, 0.29) is 11.7 Å². The topological polar surface area (TPSA) is 65.1 Å². The van der Waals surface area contributed by atoms with Gasteiger partial charge in [0.05, 0.1) is 5.88 Å². The van der Waals surface area contributed by atoms with Crippen LogP contribution in [-0.4, -0.2) is 22.1 Å². The Kier molecular flexibility index (Phi) is 3.75. The fraction of sp³-hybridized carbons (Fsp3) is 0.455. The Bertz CT molecular complexity index is 437. The maximum absolute atomic E-state index is 11.5. The average molecular weight is 243 g/mol. The molecule has 0 radical (unpaired) electrons. The molecule has 1 amide bonds. The zero-order chi connectivity index (χ0) is 12.5. The molecule has 0 saturated heterocycles. The summed E-state index contributed by atoms with van der Waals surface area (Å²) in [5.41, 5.74) is 7.37. The van der Waals surface area contributed by atoms with Crippen molar-refractivity contribution in [3.8, 4) is 0 Å². The average Bonchev–Trinajstić information content (AvgIpc) is 2.52. The number of primary amides is 1. The van der Waals surface area contributed by atoms with Gasteiger partial charge in [-0.05, 0) is 26.8 Å². The summed E-state index contributed by atoms with van der Waals surface area (Å²) in [6.45, 7) is 5.32. The molecular weight excluding hydrogens is 228 g/mol. The van der Waals surface area contributed by atoms with Gasteiger partial charge in [0.2, 0.25) is 5.91 Å². The number of aromatic nitrogens is 1. The Balaban J connectivity index is 3.27. The van der Waals surface area contributed by atoms with Gasteiger partial charge < -0.3 is 10.3 Å². The van der Waals surface area contributed by atoms with Gasteiger partial charge in [0, 0.05) is 17.0 Å². The van der Waals surface area contributed by atoms with Crippen molar-refractivity contribution in [3.63, 3.8) is 0 Å². The van der Waals surface area contributed by atoms with E-state index in [0.29, 0.717) is 5.56 Å². The van der Waals surface area contributed by atoms with Crippen molar-refractivity contribution in [2.75, 3.05) is 5.88 Å². The molecule has 0 bridgehead atoms. The van der Waals surface area contributed by atoms with Crippen LogP contribution < -0.4 is 5.73 Å². The van der Waals surface area contributed by atoms with Crippen molar-refractivity contribution in [2.45, 2.75) is 26.8 Å². The maximum atomic E-state index is 11.5. The van der Waals surface area contributed by atoms with E-state index in [2.05, 4.69) is 0 Å². The molecule has 0 fully saturated rings. The summed E-state index contributed by atoms with van der Waals surface area (Å²) in [7, 11) is 0. The summed E-state index contributed by atoms with van der Waals surface area (Å²) < 4.78 is 1.75. The van der Waals surface area contributed by atoms with E-state index in [0.717, 1.165) is 11.4 Å². The normalized spacial score (nSPS) is 12.5. The number of aryl methyl sites for hydroxylation is 1. The molecule has 1 rings (SSSR count). The van der Waals surface area contributed by atoms with Crippen molar-refractivity contribution in [1.29, 1.82) is 0 Å².